The van der Waals surface area contributed by atoms with Gasteiger partial charge >= 0.3 is 0 Å². The van der Waals surface area contributed by atoms with Gasteiger partial charge in [-0.05, 0) is 76.1 Å². The molecule has 2 N–H and O–H groups in total. The molecule has 2 atom stereocenters. The molecule has 3 aromatic rings. The molecule has 0 spiro atoms. The largest absolute Gasteiger partial charge is 0.489 e. The minimum atomic E-state index is -3.65. The molecule has 1 aromatic heterocycles. The van der Waals surface area contributed by atoms with Crippen LogP contribution in [0.2, 0.25) is 0 Å². The summed E-state index contributed by atoms with van der Waals surface area (Å²) in [6.45, 7) is 7.54. The quantitative estimate of drug-likeness (QED) is 0.350. The third-order valence-electron chi connectivity index (χ3n) is 6.88. The Bertz CT molecular complexity index is 1320. The number of pyridine rings is 1. The Kier molecular flexibility index (Phi) is 7.92. The number of fused-ring (bicyclic) bond motifs is 1. The smallest absolute Gasteiger partial charge is 0.246 e. The minimum absolute atomic E-state index is 0.170. The van der Waals surface area contributed by atoms with E-state index in [4.69, 9.17) is 9.94 Å². The SMILES string of the molecule is Cc1cc(COc2ccc(S(=O)(=O)C[C@@H]3CN(C(C)C)CC[C@@H]3C(=O)NO)cc2)c2ccccc2n1. The van der Waals surface area contributed by atoms with Gasteiger partial charge in [0.2, 0.25) is 5.91 Å². The van der Waals surface area contributed by atoms with Crippen LogP contribution in [0.4, 0.5) is 0 Å². The second kappa shape index (κ2) is 10.9. The average Bonchev–Trinajstić information content (AvgIpc) is 2.86. The van der Waals surface area contributed by atoms with E-state index < -0.39 is 27.6 Å². The van der Waals surface area contributed by atoms with E-state index >= 15 is 0 Å². The van der Waals surface area contributed by atoms with Gasteiger partial charge in [0.1, 0.15) is 12.4 Å². The molecule has 1 amide bonds. The van der Waals surface area contributed by atoms with E-state index in [2.05, 4.69) is 9.88 Å². The second-order valence-electron chi connectivity index (χ2n) is 9.70. The molecule has 2 heterocycles. The summed E-state index contributed by atoms with van der Waals surface area (Å²) < 4.78 is 32.5. The first-order chi connectivity index (χ1) is 17.2. The predicted octanol–water partition coefficient (Wildman–Crippen LogP) is 3.75. The Morgan fingerprint density at radius 2 is 1.92 bits per heavy atom. The van der Waals surface area contributed by atoms with Crippen LogP contribution in [0.15, 0.2) is 59.5 Å². The zero-order chi connectivity index (χ0) is 25.9. The molecule has 2 aromatic carbocycles. The van der Waals surface area contributed by atoms with Gasteiger partial charge in [-0.2, -0.15) is 0 Å². The van der Waals surface area contributed by atoms with Gasteiger partial charge in [-0.15, -0.1) is 0 Å². The number of hydrogen-bond donors (Lipinski definition) is 2. The third kappa shape index (κ3) is 5.86. The number of aromatic nitrogens is 1. The van der Waals surface area contributed by atoms with Crippen molar-refractivity contribution in [1.82, 2.24) is 15.4 Å². The minimum Gasteiger partial charge on any atom is -0.489 e. The number of sulfone groups is 1. The number of carbonyl (C=O) groups is 1. The maximum Gasteiger partial charge on any atom is 0.246 e. The molecule has 192 valence electrons. The standard InChI is InChI=1S/C27H33N3O5S/c1-18(2)30-13-12-25(27(31)29-32)21(15-30)17-36(33,34)23-10-8-22(9-11-23)35-16-20-14-19(3)28-26-7-5-4-6-24(20)26/h4-11,14,18,21,25,32H,12-13,15-17H2,1-3H3,(H,29,31)/t21-,25-/m0/s1. The number of benzene rings is 2. The lowest BCUT2D eigenvalue weighted by Crippen LogP contribution is -2.50. The number of ether oxygens (including phenoxy) is 1. The van der Waals surface area contributed by atoms with Crippen LogP contribution >= 0.6 is 0 Å². The molecule has 1 saturated heterocycles. The number of hydrogen-bond acceptors (Lipinski definition) is 7. The highest BCUT2D eigenvalue weighted by Gasteiger charge is 2.37. The fraction of sp³-hybridized carbons (Fsp3) is 0.407. The van der Waals surface area contributed by atoms with E-state index in [0.717, 1.165) is 22.2 Å². The fourth-order valence-corrected chi connectivity index (χ4v) is 6.57. The monoisotopic (exact) mass is 511 g/mol. The van der Waals surface area contributed by atoms with Crippen molar-refractivity contribution in [3.8, 4) is 5.75 Å². The van der Waals surface area contributed by atoms with Crippen LogP contribution < -0.4 is 10.2 Å². The predicted molar refractivity (Wildman–Crippen MR) is 138 cm³/mol. The number of rotatable bonds is 8. The molecule has 9 heteroatoms. The molecule has 36 heavy (non-hydrogen) atoms. The molecular formula is C27H33N3O5S. The molecule has 8 nitrogen and oxygen atoms in total. The number of amides is 1. The van der Waals surface area contributed by atoms with Crippen LogP contribution in [-0.2, 0) is 21.2 Å². The van der Waals surface area contributed by atoms with Gasteiger partial charge in [-0.3, -0.25) is 15.0 Å². The topological polar surface area (TPSA) is 109 Å². The van der Waals surface area contributed by atoms with Crippen molar-refractivity contribution in [3.63, 3.8) is 0 Å². The summed E-state index contributed by atoms with van der Waals surface area (Å²) in [6, 6.07) is 16.5. The van der Waals surface area contributed by atoms with E-state index in [9.17, 15) is 13.2 Å². The van der Waals surface area contributed by atoms with Crippen molar-refractivity contribution < 1.29 is 23.2 Å². The number of aryl methyl sites for hydroxylation is 1. The van der Waals surface area contributed by atoms with Gasteiger partial charge in [-0.1, -0.05) is 18.2 Å². The van der Waals surface area contributed by atoms with E-state index in [1.807, 2.05) is 51.1 Å². The van der Waals surface area contributed by atoms with Gasteiger partial charge in [0.05, 0.1) is 16.2 Å². The normalized spacial score (nSPS) is 18.9. The van der Waals surface area contributed by atoms with Gasteiger partial charge in [0, 0.05) is 35.1 Å². The Hall–Kier alpha value is -3.01. The molecule has 0 saturated carbocycles. The average molecular weight is 512 g/mol. The van der Waals surface area contributed by atoms with Crippen LogP contribution in [0.1, 0.15) is 31.5 Å². The van der Waals surface area contributed by atoms with Crippen molar-refractivity contribution >= 4 is 26.6 Å². The van der Waals surface area contributed by atoms with Crippen LogP contribution in [0.25, 0.3) is 10.9 Å². The summed E-state index contributed by atoms with van der Waals surface area (Å²) in [4.78, 5) is 19.1. The Morgan fingerprint density at radius 1 is 1.19 bits per heavy atom. The summed E-state index contributed by atoms with van der Waals surface area (Å²) in [5.41, 5.74) is 4.53. The van der Waals surface area contributed by atoms with E-state index in [0.29, 0.717) is 31.9 Å². The van der Waals surface area contributed by atoms with Gasteiger partial charge < -0.3 is 9.64 Å². The lowest BCUT2D eigenvalue weighted by molar-refractivity contribution is -0.137. The highest BCUT2D eigenvalue weighted by atomic mass is 32.2. The first-order valence-electron chi connectivity index (χ1n) is 12.2. The summed E-state index contributed by atoms with van der Waals surface area (Å²) in [6.07, 6.45) is 0.501. The number of carbonyl (C=O) groups excluding carboxylic acids is 1. The highest BCUT2D eigenvalue weighted by Crippen LogP contribution is 2.29. The number of hydroxylamine groups is 1. The molecule has 0 aliphatic carbocycles. The van der Waals surface area contributed by atoms with E-state index in [1.165, 1.54) is 0 Å². The maximum absolute atomic E-state index is 13.2. The van der Waals surface area contributed by atoms with Gasteiger partial charge in [0.15, 0.2) is 9.84 Å². The van der Waals surface area contributed by atoms with Crippen LogP contribution in [-0.4, -0.2) is 54.3 Å². The van der Waals surface area contributed by atoms with Gasteiger partial charge in [-0.25, -0.2) is 13.9 Å². The number of likely N-dealkylation sites (tertiary alicyclic amines) is 1. The number of nitrogens with zero attached hydrogens (tertiary/aromatic N) is 2. The summed E-state index contributed by atoms with van der Waals surface area (Å²) >= 11 is 0. The first-order valence-corrected chi connectivity index (χ1v) is 13.8. The van der Waals surface area contributed by atoms with Crippen molar-refractivity contribution in [1.29, 1.82) is 0 Å². The summed E-state index contributed by atoms with van der Waals surface area (Å²) in [5.74, 6) is -1.11. The molecule has 1 fully saturated rings. The van der Waals surface area contributed by atoms with Crippen molar-refractivity contribution in [2.24, 2.45) is 11.8 Å². The zero-order valence-electron chi connectivity index (χ0n) is 20.8. The number of para-hydroxylation sites is 1. The van der Waals surface area contributed by atoms with Crippen molar-refractivity contribution in [2.75, 3.05) is 18.8 Å². The fourth-order valence-electron chi connectivity index (χ4n) is 4.92. The summed E-state index contributed by atoms with van der Waals surface area (Å²) in [7, 11) is -3.65. The molecule has 0 bridgehead atoms. The second-order valence-corrected chi connectivity index (χ2v) is 11.7. The highest BCUT2D eigenvalue weighted by molar-refractivity contribution is 7.91. The molecule has 4 rings (SSSR count). The maximum atomic E-state index is 13.2. The van der Waals surface area contributed by atoms with Crippen LogP contribution in [0.3, 0.4) is 0 Å². The molecular weight excluding hydrogens is 478 g/mol. The Labute approximate surface area is 212 Å². The third-order valence-corrected chi connectivity index (χ3v) is 8.74. The van der Waals surface area contributed by atoms with Crippen LogP contribution in [0.5, 0.6) is 5.75 Å². The lowest BCUT2D eigenvalue weighted by Gasteiger charge is -2.39. The molecule has 0 radical (unpaired) electrons. The Balaban J connectivity index is 1.47. The summed E-state index contributed by atoms with van der Waals surface area (Å²) in [5, 5.41) is 10.2. The Morgan fingerprint density at radius 3 is 2.61 bits per heavy atom. The van der Waals surface area contributed by atoms with Crippen LogP contribution in [0, 0.1) is 18.8 Å². The van der Waals surface area contributed by atoms with Crippen molar-refractivity contribution in [2.45, 2.75) is 44.7 Å². The number of nitrogens with one attached hydrogen (secondary N) is 1. The van der Waals surface area contributed by atoms with E-state index in [1.54, 1.807) is 29.7 Å². The first kappa shape index (κ1) is 26.1. The zero-order valence-corrected chi connectivity index (χ0v) is 21.7. The number of piperidine rings is 1. The van der Waals surface area contributed by atoms with E-state index in [-0.39, 0.29) is 16.7 Å². The van der Waals surface area contributed by atoms with Gasteiger partial charge in [0.25, 0.3) is 0 Å². The van der Waals surface area contributed by atoms with Crippen molar-refractivity contribution in [3.05, 3.63) is 65.9 Å². The lowest BCUT2D eigenvalue weighted by atomic mass is 9.85. The molecule has 1 aliphatic heterocycles. The molecule has 0 unspecified atom stereocenters. The molecule has 1 aliphatic rings.